The summed E-state index contributed by atoms with van der Waals surface area (Å²) in [5, 5.41) is 2.45. The van der Waals surface area contributed by atoms with Crippen LogP contribution in [0, 0.1) is 6.92 Å². The van der Waals surface area contributed by atoms with Gasteiger partial charge in [-0.15, -0.1) is 0 Å². The molecule has 0 radical (unpaired) electrons. The zero-order valence-corrected chi connectivity index (χ0v) is 15.6. The minimum Gasteiger partial charge on any atom is -0.378 e. The van der Waals surface area contributed by atoms with Crippen molar-refractivity contribution in [2.45, 2.75) is 6.92 Å². The molecular formula is C21H24N4O2. The zero-order chi connectivity index (χ0) is 18.2. The smallest absolute Gasteiger partial charge is 0.172 e. The molecule has 1 aromatic heterocycles. The molecule has 2 saturated heterocycles. The Morgan fingerprint density at radius 3 is 2.07 bits per heavy atom. The van der Waals surface area contributed by atoms with E-state index >= 15 is 0 Å². The number of aryl methyl sites for hydroxylation is 1. The molecule has 27 heavy (non-hydrogen) atoms. The van der Waals surface area contributed by atoms with Crippen molar-refractivity contribution in [3.63, 3.8) is 0 Å². The van der Waals surface area contributed by atoms with E-state index in [4.69, 9.17) is 19.4 Å². The first-order valence-electron chi connectivity index (χ1n) is 9.67. The Balaban J connectivity index is 1.72. The van der Waals surface area contributed by atoms with E-state index in [1.54, 1.807) is 0 Å². The average Bonchev–Trinajstić information content (AvgIpc) is 2.74. The number of hydrogen-bond acceptors (Lipinski definition) is 6. The first kappa shape index (κ1) is 16.7. The van der Waals surface area contributed by atoms with Crippen LogP contribution in [0.25, 0.3) is 21.8 Å². The number of rotatable bonds is 2. The van der Waals surface area contributed by atoms with Gasteiger partial charge in [-0.1, -0.05) is 24.3 Å². The fourth-order valence-electron chi connectivity index (χ4n) is 4.02. The summed E-state index contributed by atoms with van der Waals surface area (Å²) in [5.41, 5.74) is 3.15. The highest BCUT2D eigenvalue weighted by molar-refractivity contribution is 6.00. The third-order valence-corrected chi connectivity index (χ3v) is 5.52. The summed E-state index contributed by atoms with van der Waals surface area (Å²) in [7, 11) is 0. The maximum atomic E-state index is 5.55. The predicted octanol–water partition coefficient (Wildman–Crippen LogP) is 2.76. The van der Waals surface area contributed by atoms with E-state index in [0.29, 0.717) is 0 Å². The van der Waals surface area contributed by atoms with Gasteiger partial charge in [-0.2, -0.15) is 0 Å². The number of hydrogen-bond donors (Lipinski definition) is 0. The Morgan fingerprint density at radius 1 is 0.815 bits per heavy atom. The summed E-state index contributed by atoms with van der Waals surface area (Å²) in [6.45, 7) is 8.50. The molecule has 2 fully saturated rings. The molecule has 3 aromatic rings. The molecule has 0 aliphatic carbocycles. The van der Waals surface area contributed by atoms with Crippen molar-refractivity contribution in [1.29, 1.82) is 0 Å². The standard InChI is InChI=1S/C21H24N4O2/c1-15-17-5-3-2-4-16(17)14-18-19(15)23-21(25-8-12-27-13-9-25)20(22-18)24-6-10-26-11-7-24/h2-5,14H,6-13H2,1H3. The fourth-order valence-corrected chi connectivity index (χ4v) is 4.02. The highest BCUT2D eigenvalue weighted by atomic mass is 16.5. The molecule has 3 heterocycles. The van der Waals surface area contributed by atoms with E-state index in [1.165, 1.54) is 16.3 Å². The van der Waals surface area contributed by atoms with Crippen LogP contribution in [0.2, 0.25) is 0 Å². The lowest BCUT2D eigenvalue weighted by molar-refractivity contribution is 0.120. The molecule has 2 aromatic carbocycles. The highest BCUT2D eigenvalue weighted by Gasteiger charge is 2.24. The van der Waals surface area contributed by atoms with Crippen LogP contribution in [-0.4, -0.2) is 62.6 Å². The molecule has 6 heteroatoms. The lowest BCUT2D eigenvalue weighted by Gasteiger charge is -2.34. The lowest BCUT2D eigenvalue weighted by atomic mass is 10.0. The number of fused-ring (bicyclic) bond motifs is 2. The first-order chi connectivity index (χ1) is 13.3. The number of ether oxygens (including phenoxy) is 2. The number of morpholine rings is 2. The lowest BCUT2D eigenvalue weighted by Crippen LogP contribution is -2.41. The van der Waals surface area contributed by atoms with E-state index in [1.807, 2.05) is 0 Å². The molecule has 140 valence electrons. The molecule has 6 nitrogen and oxygen atoms in total. The van der Waals surface area contributed by atoms with Gasteiger partial charge >= 0.3 is 0 Å². The molecule has 5 rings (SSSR count). The Labute approximate surface area is 158 Å². The quantitative estimate of drug-likeness (QED) is 0.652. The normalized spacial score (nSPS) is 18.4. The Kier molecular flexibility index (Phi) is 4.30. The number of aromatic nitrogens is 2. The van der Waals surface area contributed by atoms with Crippen LogP contribution in [0.15, 0.2) is 30.3 Å². The fraction of sp³-hybridized carbons (Fsp3) is 0.429. The summed E-state index contributed by atoms with van der Waals surface area (Å²) < 4.78 is 11.1. The maximum absolute atomic E-state index is 5.55. The van der Waals surface area contributed by atoms with Crippen LogP contribution >= 0.6 is 0 Å². The molecule has 0 N–H and O–H groups in total. The summed E-state index contributed by atoms with van der Waals surface area (Å²) in [6.07, 6.45) is 0. The van der Waals surface area contributed by atoms with Crippen molar-refractivity contribution >= 4 is 33.4 Å². The minimum absolute atomic E-state index is 0.735. The average molecular weight is 364 g/mol. The van der Waals surface area contributed by atoms with E-state index in [0.717, 1.165) is 75.3 Å². The number of anilines is 2. The third kappa shape index (κ3) is 2.99. The second-order valence-corrected chi connectivity index (χ2v) is 7.16. The Hall–Kier alpha value is -2.44. The summed E-state index contributed by atoms with van der Waals surface area (Å²) in [4.78, 5) is 14.9. The minimum atomic E-state index is 0.735. The molecule has 2 aliphatic heterocycles. The van der Waals surface area contributed by atoms with Gasteiger partial charge in [-0.3, -0.25) is 0 Å². The first-order valence-corrected chi connectivity index (χ1v) is 9.67. The molecule has 0 atom stereocenters. The van der Waals surface area contributed by atoms with Gasteiger partial charge in [0, 0.05) is 26.2 Å². The van der Waals surface area contributed by atoms with Crippen LogP contribution < -0.4 is 9.80 Å². The second kappa shape index (κ2) is 6.94. The van der Waals surface area contributed by atoms with Gasteiger partial charge in [-0.05, 0) is 29.3 Å². The van der Waals surface area contributed by atoms with Crippen molar-refractivity contribution in [3.8, 4) is 0 Å². The van der Waals surface area contributed by atoms with E-state index in [9.17, 15) is 0 Å². The highest BCUT2D eigenvalue weighted by Crippen LogP contribution is 2.33. The van der Waals surface area contributed by atoms with E-state index < -0.39 is 0 Å². The number of nitrogens with zero attached hydrogens (tertiary/aromatic N) is 4. The van der Waals surface area contributed by atoms with Gasteiger partial charge < -0.3 is 19.3 Å². The molecule has 0 saturated carbocycles. The molecule has 0 amide bonds. The van der Waals surface area contributed by atoms with Gasteiger partial charge in [0.05, 0.1) is 37.5 Å². The molecule has 0 unspecified atom stereocenters. The largest absolute Gasteiger partial charge is 0.378 e. The van der Waals surface area contributed by atoms with Gasteiger partial charge in [0.1, 0.15) is 0 Å². The van der Waals surface area contributed by atoms with Crippen LogP contribution in [0.3, 0.4) is 0 Å². The third-order valence-electron chi connectivity index (χ3n) is 5.52. The van der Waals surface area contributed by atoms with Crippen molar-refractivity contribution < 1.29 is 9.47 Å². The second-order valence-electron chi connectivity index (χ2n) is 7.16. The predicted molar refractivity (Wildman–Crippen MR) is 108 cm³/mol. The molecule has 0 bridgehead atoms. The van der Waals surface area contributed by atoms with Crippen molar-refractivity contribution in [2.75, 3.05) is 62.4 Å². The molecule has 2 aliphatic rings. The van der Waals surface area contributed by atoms with Crippen LogP contribution in [0.4, 0.5) is 11.6 Å². The van der Waals surface area contributed by atoms with Crippen molar-refractivity contribution in [2.24, 2.45) is 0 Å². The van der Waals surface area contributed by atoms with E-state index in [-0.39, 0.29) is 0 Å². The molecular weight excluding hydrogens is 340 g/mol. The Morgan fingerprint density at radius 2 is 1.41 bits per heavy atom. The Bertz CT molecular complexity index is 979. The monoisotopic (exact) mass is 364 g/mol. The summed E-state index contributed by atoms with van der Waals surface area (Å²) >= 11 is 0. The SMILES string of the molecule is Cc1c2ccccc2cc2nc(N3CCOCC3)c(N3CCOCC3)nc12. The van der Waals surface area contributed by atoms with Crippen molar-refractivity contribution in [3.05, 3.63) is 35.9 Å². The van der Waals surface area contributed by atoms with E-state index in [2.05, 4.69) is 47.1 Å². The van der Waals surface area contributed by atoms with Crippen LogP contribution in [-0.2, 0) is 9.47 Å². The number of benzene rings is 2. The zero-order valence-electron chi connectivity index (χ0n) is 15.6. The van der Waals surface area contributed by atoms with Crippen LogP contribution in [0.5, 0.6) is 0 Å². The topological polar surface area (TPSA) is 50.7 Å². The van der Waals surface area contributed by atoms with Crippen molar-refractivity contribution in [1.82, 2.24) is 9.97 Å². The van der Waals surface area contributed by atoms with Gasteiger partial charge in [0.15, 0.2) is 11.6 Å². The molecule has 0 spiro atoms. The van der Waals surface area contributed by atoms with Gasteiger partial charge in [0.25, 0.3) is 0 Å². The summed E-state index contributed by atoms with van der Waals surface area (Å²) in [5.74, 6) is 1.95. The summed E-state index contributed by atoms with van der Waals surface area (Å²) in [6, 6.07) is 10.6. The van der Waals surface area contributed by atoms with Gasteiger partial charge in [-0.25, -0.2) is 9.97 Å². The van der Waals surface area contributed by atoms with Gasteiger partial charge in [0.2, 0.25) is 0 Å². The van der Waals surface area contributed by atoms with Crippen LogP contribution in [0.1, 0.15) is 5.56 Å². The maximum Gasteiger partial charge on any atom is 0.172 e.